The largest absolute Gasteiger partial charge is 0.457 e. The van der Waals surface area contributed by atoms with Crippen LogP contribution in [0.25, 0.3) is 0 Å². The Bertz CT molecular complexity index is 755. The smallest absolute Gasteiger partial charge is 0.321 e. The molecule has 0 saturated carbocycles. The molecule has 0 radical (unpaired) electrons. The van der Waals surface area contributed by atoms with Crippen LogP contribution in [0.4, 0.5) is 0 Å². The van der Waals surface area contributed by atoms with Crippen molar-refractivity contribution in [3.63, 3.8) is 0 Å². The first kappa shape index (κ1) is 17.2. The maximum Gasteiger partial charge on any atom is 0.321 e. The molecule has 0 saturated heterocycles. The fraction of sp³-hybridized carbons (Fsp3) is 0.235. The molecule has 5 nitrogen and oxygen atoms in total. The van der Waals surface area contributed by atoms with Gasteiger partial charge in [0.05, 0.1) is 4.90 Å². The Balaban J connectivity index is 1.92. The highest BCUT2D eigenvalue weighted by Crippen LogP contribution is 2.16. The summed E-state index contributed by atoms with van der Waals surface area (Å²) < 4.78 is 31.6. The number of nitrogens with one attached hydrogen (secondary N) is 1. The molecule has 1 atom stereocenters. The first-order chi connectivity index (χ1) is 10.9. The Hall–Kier alpha value is -2.18. The summed E-state index contributed by atoms with van der Waals surface area (Å²) in [7, 11) is -3.72. The van der Waals surface area contributed by atoms with Crippen molar-refractivity contribution in [1.29, 1.82) is 0 Å². The Morgan fingerprint density at radius 3 is 2.30 bits per heavy atom. The summed E-state index contributed by atoms with van der Waals surface area (Å²) in [5, 5.41) is 0. The summed E-state index contributed by atoms with van der Waals surface area (Å²) in [6, 6.07) is 15.6. The lowest BCUT2D eigenvalue weighted by molar-refractivity contribution is -0.147. The molecule has 0 aliphatic heterocycles. The zero-order valence-corrected chi connectivity index (χ0v) is 13.8. The third-order valence-corrected chi connectivity index (χ3v) is 4.73. The minimum absolute atomic E-state index is 0.118. The van der Waals surface area contributed by atoms with Crippen molar-refractivity contribution in [2.24, 2.45) is 0 Å². The van der Waals surface area contributed by atoms with Crippen LogP contribution in [-0.2, 0) is 19.6 Å². The standard InChI is InChI=1S/C17H19NO4S/c1-13-8-10-16(11-9-13)23(20,21)18-12-17(19)22-14(2)15-6-4-3-5-7-15/h3-11,14,18H,12H2,1-2H3/t14-/m1/s1. The molecule has 0 aromatic heterocycles. The van der Waals surface area contributed by atoms with E-state index in [0.29, 0.717) is 0 Å². The van der Waals surface area contributed by atoms with Gasteiger partial charge in [0.15, 0.2) is 0 Å². The molecule has 2 aromatic carbocycles. The minimum atomic E-state index is -3.72. The number of hydrogen-bond acceptors (Lipinski definition) is 4. The van der Waals surface area contributed by atoms with Gasteiger partial charge in [-0.1, -0.05) is 48.0 Å². The van der Waals surface area contributed by atoms with Crippen LogP contribution in [0.2, 0.25) is 0 Å². The number of sulfonamides is 1. The average molecular weight is 333 g/mol. The van der Waals surface area contributed by atoms with Gasteiger partial charge in [-0.3, -0.25) is 4.79 Å². The molecule has 0 amide bonds. The molecular weight excluding hydrogens is 314 g/mol. The van der Waals surface area contributed by atoms with Crippen LogP contribution >= 0.6 is 0 Å². The number of hydrogen-bond donors (Lipinski definition) is 1. The molecule has 2 aromatic rings. The van der Waals surface area contributed by atoms with Crippen molar-refractivity contribution < 1.29 is 17.9 Å². The molecule has 1 N–H and O–H groups in total. The van der Waals surface area contributed by atoms with Gasteiger partial charge in [0.2, 0.25) is 10.0 Å². The van der Waals surface area contributed by atoms with Crippen molar-refractivity contribution in [2.75, 3.05) is 6.54 Å². The van der Waals surface area contributed by atoms with Crippen LogP contribution in [0.15, 0.2) is 59.5 Å². The molecule has 0 heterocycles. The highest BCUT2D eigenvalue weighted by Gasteiger charge is 2.17. The molecule has 0 spiro atoms. The molecule has 6 heteroatoms. The van der Waals surface area contributed by atoms with Crippen LogP contribution in [0, 0.1) is 6.92 Å². The van der Waals surface area contributed by atoms with E-state index in [0.717, 1.165) is 11.1 Å². The van der Waals surface area contributed by atoms with E-state index in [4.69, 9.17) is 4.74 Å². The fourth-order valence-corrected chi connectivity index (χ4v) is 2.95. The van der Waals surface area contributed by atoms with Gasteiger partial charge in [0.1, 0.15) is 12.6 Å². The highest BCUT2D eigenvalue weighted by atomic mass is 32.2. The topological polar surface area (TPSA) is 72.5 Å². The Kier molecular flexibility index (Phi) is 5.52. The van der Waals surface area contributed by atoms with Gasteiger partial charge >= 0.3 is 5.97 Å². The Morgan fingerprint density at radius 1 is 1.09 bits per heavy atom. The van der Waals surface area contributed by atoms with Crippen LogP contribution in [0.1, 0.15) is 24.2 Å². The van der Waals surface area contributed by atoms with E-state index < -0.39 is 28.6 Å². The van der Waals surface area contributed by atoms with Gasteiger partial charge in [0, 0.05) is 0 Å². The van der Waals surface area contributed by atoms with Crippen LogP contribution in [0.5, 0.6) is 0 Å². The van der Waals surface area contributed by atoms with Crippen LogP contribution in [0.3, 0.4) is 0 Å². The van der Waals surface area contributed by atoms with E-state index in [-0.39, 0.29) is 4.90 Å². The number of benzene rings is 2. The van der Waals surface area contributed by atoms with Crippen molar-refractivity contribution in [2.45, 2.75) is 24.8 Å². The molecule has 122 valence electrons. The third kappa shape index (κ3) is 4.91. The first-order valence-corrected chi connectivity index (χ1v) is 8.67. The summed E-state index contributed by atoms with van der Waals surface area (Å²) in [6.07, 6.45) is -0.437. The quantitative estimate of drug-likeness (QED) is 0.825. The Labute approximate surface area is 136 Å². The zero-order chi connectivity index (χ0) is 16.9. The van der Waals surface area contributed by atoms with E-state index >= 15 is 0 Å². The normalized spacial score (nSPS) is 12.6. The zero-order valence-electron chi connectivity index (χ0n) is 13.0. The fourth-order valence-electron chi connectivity index (χ4n) is 1.99. The number of rotatable bonds is 6. The highest BCUT2D eigenvalue weighted by molar-refractivity contribution is 7.89. The second-order valence-corrected chi connectivity index (χ2v) is 6.95. The van der Waals surface area contributed by atoms with E-state index in [2.05, 4.69) is 4.72 Å². The summed E-state index contributed by atoms with van der Waals surface area (Å²) in [4.78, 5) is 11.9. The van der Waals surface area contributed by atoms with Crippen LogP contribution < -0.4 is 4.72 Å². The van der Waals surface area contributed by atoms with Crippen LogP contribution in [-0.4, -0.2) is 20.9 Å². The summed E-state index contributed by atoms with van der Waals surface area (Å²) in [5.41, 5.74) is 1.81. The van der Waals surface area contributed by atoms with Crippen molar-refractivity contribution in [3.05, 3.63) is 65.7 Å². The lowest BCUT2D eigenvalue weighted by Gasteiger charge is -2.14. The van der Waals surface area contributed by atoms with Crippen molar-refractivity contribution in [3.8, 4) is 0 Å². The Morgan fingerprint density at radius 2 is 1.70 bits per heavy atom. The number of aryl methyl sites for hydroxylation is 1. The second kappa shape index (κ2) is 7.39. The van der Waals surface area contributed by atoms with E-state index in [9.17, 15) is 13.2 Å². The molecule has 23 heavy (non-hydrogen) atoms. The first-order valence-electron chi connectivity index (χ1n) is 7.19. The predicted octanol–water partition coefficient (Wildman–Crippen LogP) is 2.58. The molecule has 0 fully saturated rings. The number of carbonyl (C=O) groups is 1. The number of carbonyl (C=O) groups excluding carboxylic acids is 1. The second-order valence-electron chi connectivity index (χ2n) is 5.18. The molecule has 0 aliphatic carbocycles. The van der Waals surface area contributed by atoms with E-state index in [1.165, 1.54) is 12.1 Å². The van der Waals surface area contributed by atoms with Crippen molar-refractivity contribution in [1.82, 2.24) is 4.72 Å². The molecule has 0 bridgehead atoms. The minimum Gasteiger partial charge on any atom is -0.457 e. The van der Waals surface area contributed by atoms with Gasteiger partial charge in [-0.05, 0) is 31.5 Å². The van der Waals surface area contributed by atoms with Gasteiger partial charge in [-0.25, -0.2) is 8.42 Å². The molecule has 0 aliphatic rings. The monoisotopic (exact) mass is 333 g/mol. The summed E-state index contributed by atoms with van der Waals surface area (Å²) in [5.74, 6) is -0.628. The third-order valence-electron chi connectivity index (χ3n) is 3.32. The van der Waals surface area contributed by atoms with Gasteiger partial charge in [-0.2, -0.15) is 4.72 Å². The van der Waals surface area contributed by atoms with E-state index in [1.807, 2.05) is 37.3 Å². The molecule has 0 unspecified atom stereocenters. The maximum atomic E-state index is 12.1. The number of ether oxygens (including phenoxy) is 1. The van der Waals surface area contributed by atoms with E-state index in [1.54, 1.807) is 19.1 Å². The summed E-state index contributed by atoms with van der Waals surface area (Å²) >= 11 is 0. The lowest BCUT2D eigenvalue weighted by atomic mass is 10.1. The van der Waals surface area contributed by atoms with Crippen molar-refractivity contribution >= 4 is 16.0 Å². The van der Waals surface area contributed by atoms with Gasteiger partial charge in [-0.15, -0.1) is 0 Å². The molecule has 2 rings (SSSR count). The summed E-state index contributed by atoms with van der Waals surface area (Å²) in [6.45, 7) is 3.20. The van der Waals surface area contributed by atoms with Gasteiger partial charge < -0.3 is 4.74 Å². The molecular formula is C17H19NO4S. The van der Waals surface area contributed by atoms with Gasteiger partial charge in [0.25, 0.3) is 0 Å². The lowest BCUT2D eigenvalue weighted by Crippen LogP contribution is -2.31. The maximum absolute atomic E-state index is 12.1. The predicted molar refractivity (Wildman–Crippen MR) is 87.3 cm³/mol. The average Bonchev–Trinajstić information content (AvgIpc) is 2.54. The number of esters is 1. The SMILES string of the molecule is Cc1ccc(S(=O)(=O)NCC(=O)O[C@H](C)c2ccccc2)cc1.